The maximum Gasteiger partial charge on any atom is 2.00 e. The largest absolute Gasteiger partial charge is 2.00 e. The van der Waals surface area contributed by atoms with E-state index in [1.807, 2.05) is 48.5 Å². The Morgan fingerprint density at radius 3 is 1.28 bits per heavy atom. The maximum absolute atomic E-state index is 11.4. The monoisotopic (exact) mass is 923 g/mol. The number of rotatable bonds is 12. The van der Waals surface area contributed by atoms with Crippen molar-refractivity contribution < 1.29 is 24.6 Å². The molecule has 8 aromatic carbocycles. The van der Waals surface area contributed by atoms with Gasteiger partial charge in [0.25, 0.3) is 0 Å². The van der Waals surface area contributed by atoms with Gasteiger partial charge >= 0.3 is 19.5 Å². The molecule has 0 fully saturated rings. The summed E-state index contributed by atoms with van der Waals surface area (Å²) in [7, 11) is -2.64. The van der Waals surface area contributed by atoms with Crippen molar-refractivity contribution in [2.75, 3.05) is 5.75 Å². The van der Waals surface area contributed by atoms with Crippen LogP contribution in [-0.4, -0.2) is 10.9 Å². The first-order valence-corrected chi connectivity index (χ1v) is 24.1. The van der Waals surface area contributed by atoms with Gasteiger partial charge in [-0.2, -0.15) is 18.2 Å². The molecule has 1 unspecified atom stereocenters. The molecule has 1 atom stereocenters. The third-order valence-corrected chi connectivity index (χ3v) is 16.8. The van der Waals surface area contributed by atoms with Crippen molar-refractivity contribution >= 4 is 58.8 Å². The molecule has 0 aliphatic carbocycles. The molecule has 8 aromatic rings. The van der Waals surface area contributed by atoms with Crippen molar-refractivity contribution in [2.24, 2.45) is 0 Å². The van der Waals surface area contributed by atoms with E-state index in [1.54, 1.807) is 11.8 Å². The van der Waals surface area contributed by atoms with Gasteiger partial charge in [-0.05, 0) is 91.8 Å². The molecule has 0 spiro atoms. The summed E-state index contributed by atoms with van der Waals surface area (Å²) in [6.07, 6.45) is 4.82. The number of allylic oxidation sites excluding steroid dienone is 1. The van der Waals surface area contributed by atoms with Crippen LogP contribution in [0.4, 0.5) is 0 Å². The SMILES string of the molecule is CC(C)=CCSc1ccccc1C(O)[C-]=C[P+](c1ccccc1)(c1ccccc1)c1ccccc1.[Ru+2].c1cc[cH-]c1.c1ccc(P(c2ccccc2)c2ccccc2)cc1. The molecule has 0 saturated heterocycles. The van der Waals surface area contributed by atoms with Crippen LogP contribution in [0.15, 0.2) is 259 Å². The predicted molar refractivity (Wildman–Crippen MR) is 262 cm³/mol. The normalized spacial score (nSPS) is 11.3. The Hall–Kier alpha value is -4.84. The van der Waals surface area contributed by atoms with Crippen molar-refractivity contribution in [3.63, 3.8) is 0 Å². The van der Waals surface area contributed by atoms with E-state index in [2.05, 4.69) is 220 Å². The van der Waals surface area contributed by atoms with E-state index in [0.29, 0.717) is 0 Å². The van der Waals surface area contributed by atoms with Crippen LogP contribution in [0.25, 0.3) is 0 Å². The number of hydrogen-bond donors (Lipinski definition) is 1. The second-order valence-corrected chi connectivity index (χ2v) is 20.4. The minimum Gasteiger partial charge on any atom is -0.423 e. The Labute approximate surface area is 377 Å². The van der Waals surface area contributed by atoms with E-state index in [0.717, 1.165) is 16.2 Å². The van der Waals surface area contributed by atoms with Gasteiger partial charge in [0, 0.05) is 10.6 Å². The van der Waals surface area contributed by atoms with Gasteiger partial charge in [-0.3, -0.25) is 0 Å². The van der Waals surface area contributed by atoms with Crippen molar-refractivity contribution in [3.05, 3.63) is 266 Å². The van der Waals surface area contributed by atoms with Gasteiger partial charge < -0.3 is 11.2 Å². The standard InChI is InChI=1S/C32H31OPS.C18H15P.C5H5.Ru/c1-26(2)23-25-35-32-21-13-12-20-30(32)31(33)22-24-34(27-14-6-3-7-15-27,28-16-8-4-9-17-28)29-18-10-5-11-19-29;1-4-10-16(11-5-1)19(17-12-6-2-7-13-17)18-14-8-3-9-15-18;1-2-4-5-3-1;/h3-21,23-24,31,33H,25H2,1-2H3;1-15H;1-5H;/q;;-1;+2. The molecular formula is C55H51OP2RuS+. The number of hydrogen-bond acceptors (Lipinski definition) is 2. The van der Waals surface area contributed by atoms with E-state index in [4.69, 9.17) is 0 Å². The van der Waals surface area contributed by atoms with Crippen molar-refractivity contribution in [1.29, 1.82) is 0 Å². The van der Waals surface area contributed by atoms with E-state index >= 15 is 0 Å². The molecule has 1 N–H and O–H groups in total. The molecule has 5 heteroatoms. The summed E-state index contributed by atoms with van der Waals surface area (Å²) in [6, 6.07) is 82.3. The number of aliphatic hydroxyl groups excluding tert-OH is 1. The summed E-state index contributed by atoms with van der Waals surface area (Å²) in [6.45, 7) is 4.22. The first-order valence-electron chi connectivity index (χ1n) is 19.9. The number of thioether (sulfide) groups is 1. The quantitative estimate of drug-likeness (QED) is 0.0433. The third kappa shape index (κ3) is 13.1. The van der Waals surface area contributed by atoms with E-state index in [9.17, 15) is 5.11 Å². The zero-order valence-corrected chi connectivity index (χ0v) is 38.4. The van der Waals surface area contributed by atoms with Gasteiger partial charge in [0.2, 0.25) is 0 Å². The minimum absolute atomic E-state index is 0. The van der Waals surface area contributed by atoms with E-state index in [1.165, 1.54) is 37.4 Å². The van der Waals surface area contributed by atoms with Gasteiger partial charge in [0.1, 0.15) is 23.2 Å². The topological polar surface area (TPSA) is 20.2 Å². The summed E-state index contributed by atoms with van der Waals surface area (Å²) < 4.78 is 0. The van der Waals surface area contributed by atoms with Gasteiger partial charge in [-0.25, -0.2) is 12.1 Å². The Kier molecular flexibility index (Phi) is 19.3. The minimum atomic E-state index is -2.19. The van der Waals surface area contributed by atoms with Crippen LogP contribution in [0.2, 0.25) is 0 Å². The number of aliphatic hydroxyl groups is 1. The first-order chi connectivity index (χ1) is 29.1. The molecule has 0 saturated carbocycles. The fourth-order valence-electron chi connectivity index (χ4n) is 6.57. The Morgan fingerprint density at radius 2 is 0.917 bits per heavy atom. The molecular weight excluding hydrogens is 872 g/mol. The molecule has 0 aliphatic rings. The Balaban J connectivity index is 0.000000226. The molecule has 0 bridgehead atoms. The van der Waals surface area contributed by atoms with Crippen LogP contribution in [0.3, 0.4) is 0 Å². The van der Waals surface area contributed by atoms with Crippen molar-refractivity contribution in [2.45, 2.75) is 24.8 Å². The molecule has 8 rings (SSSR count). The third-order valence-electron chi connectivity index (χ3n) is 9.46. The van der Waals surface area contributed by atoms with Gasteiger partial charge in [0.15, 0.2) is 0 Å². The van der Waals surface area contributed by atoms with Crippen LogP contribution in [0.5, 0.6) is 0 Å². The molecule has 60 heavy (non-hydrogen) atoms. The fourth-order valence-corrected chi connectivity index (χ4v) is 13.6. The summed E-state index contributed by atoms with van der Waals surface area (Å²) in [4.78, 5) is 1.08. The average molecular weight is 923 g/mol. The summed E-state index contributed by atoms with van der Waals surface area (Å²) >= 11 is 1.74. The van der Waals surface area contributed by atoms with Crippen LogP contribution in [0.1, 0.15) is 25.5 Å². The molecule has 0 radical (unpaired) electrons. The molecule has 0 aromatic heterocycles. The predicted octanol–water partition coefficient (Wildman–Crippen LogP) is 11.9. The molecule has 0 amide bonds. The summed E-state index contributed by atoms with van der Waals surface area (Å²) in [5, 5.41) is 19.3. The molecule has 0 aliphatic heterocycles. The second-order valence-electron chi connectivity index (χ2n) is 13.9. The average Bonchev–Trinajstić information content (AvgIpc) is 3.90. The summed E-state index contributed by atoms with van der Waals surface area (Å²) in [5.74, 6) is 3.04. The maximum atomic E-state index is 11.4. The van der Waals surface area contributed by atoms with Crippen LogP contribution in [0, 0.1) is 6.08 Å². The van der Waals surface area contributed by atoms with Gasteiger partial charge in [0.05, 0.1) is 0 Å². The Morgan fingerprint density at radius 1 is 0.550 bits per heavy atom. The Bertz CT molecular complexity index is 2200. The second kappa shape index (κ2) is 25.1. The zero-order valence-electron chi connectivity index (χ0n) is 34.1. The van der Waals surface area contributed by atoms with E-state index < -0.39 is 21.3 Å². The fraction of sp³-hybridized carbons (Fsp3) is 0.0727. The van der Waals surface area contributed by atoms with Crippen LogP contribution >= 0.6 is 26.9 Å². The zero-order chi connectivity index (χ0) is 41.0. The van der Waals surface area contributed by atoms with Gasteiger partial charge in [-0.1, -0.05) is 175 Å². The molecule has 0 heterocycles. The van der Waals surface area contributed by atoms with Crippen LogP contribution < -0.4 is 31.8 Å². The van der Waals surface area contributed by atoms with E-state index in [-0.39, 0.29) is 19.5 Å². The van der Waals surface area contributed by atoms with Gasteiger partial charge in [-0.15, -0.1) is 17.6 Å². The molecule has 300 valence electrons. The van der Waals surface area contributed by atoms with Crippen molar-refractivity contribution in [1.82, 2.24) is 0 Å². The van der Waals surface area contributed by atoms with Crippen LogP contribution in [-0.2, 0) is 19.5 Å². The van der Waals surface area contributed by atoms with Crippen molar-refractivity contribution in [3.8, 4) is 0 Å². The molecule has 1 nitrogen and oxygen atoms in total. The first kappa shape index (κ1) is 46.2. The number of benzene rings is 7. The summed E-state index contributed by atoms with van der Waals surface area (Å²) in [5.41, 5.74) is 2.19. The smallest absolute Gasteiger partial charge is 0.423 e.